The molecule has 1 heterocycles. The van der Waals surface area contributed by atoms with Crippen molar-refractivity contribution in [1.82, 2.24) is 5.32 Å². The van der Waals surface area contributed by atoms with E-state index in [2.05, 4.69) is 5.32 Å². The van der Waals surface area contributed by atoms with Crippen molar-refractivity contribution < 1.29 is 14.3 Å². The first kappa shape index (κ1) is 13.7. The van der Waals surface area contributed by atoms with Crippen LogP contribution in [0, 0.1) is 6.92 Å². The zero-order chi connectivity index (χ0) is 13.1. The van der Waals surface area contributed by atoms with E-state index in [1.807, 2.05) is 32.9 Å². The van der Waals surface area contributed by atoms with Crippen molar-refractivity contribution in [2.45, 2.75) is 32.2 Å². The van der Waals surface area contributed by atoms with E-state index < -0.39 is 12.0 Å². The molecular weight excluding hydrogens is 220 g/mol. The second-order valence-corrected chi connectivity index (χ2v) is 4.87. The molecule has 0 spiro atoms. The number of hydrogen-bond acceptors (Lipinski definition) is 4. The summed E-state index contributed by atoms with van der Waals surface area (Å²) in [7, 11) is 0. The lowest BCUT2D eigenvalue weighted by Crippen LogP contribution is -2.43. The van der Waals surface area contributed by atoms with Gasteiger partial charge in [-0.05, 0) is 19.1 Å². The molecule has 0 aliphatic rings. The van der Waals surface area contributed by atoms with Gasteiger partial charge < -0.3 is 20.6 Å². The Labute approximate surface area is 101 Å². The maximum atomic E-state index is 10.5. The Balaban J connectivity index is 2.48. The Morgan fingerprint density at radius 3 is 2.71 bits per heavy atom. The first-order valence-electron chi connectivity index (χ1n) is 5.59. The summed E-state index contributed by atoms with van der Waals surface area (Å²) >= 11 is 0. The van der Waals surface area contributed by atoms with E-state index in [1.54, 1.807) is 0 Å². The molecule has 1 aromatic rings. The fraction of sp³-hybridized carbons (Fsp3) is 0.583. The summed E-state index contributed by atoms with van der Waals surface area (Å²) < 4.78 is 5.57. The number of aliphatic carboxylic acids is 1. The number of hydrogen-bond donors (Lipinski definition) is 3. The Morgan fingerprint density at radius 1 is 1.59 bits per heavy atom. The van der Waals surface area contributed by atoms with Crippen LogP contribution in [-0.2, 0) is 10.2 Å². The van der Waals surface area contributed by atoms with Crippen LogP contribution in [0.5, 0.6) is 0 Å². The molecule has 1 aromatic heterocycles. The van der Waals surface area contributed by atoms with E-state index in [0.717, 1.165) is 11.5 Å². The summed E-state index contributed by atoms with van der Waals surface area (Å²) in [5.41, 5.74) is 5.22. The molecule has 17 heavy (non-hydrogen) atoms. The second-order valence-electron chi connectivity index (χ2n) is 4.87. The van der Waals surface area contributed by atoms with Gasteiger partial charge in [0.1, 0.15) is 17.6 Å². The molecule has 1 atom stereocenters. The van der Waals surface area contributed by atoms with Gasteiger partial charge in [-0.3, -0.25) is 4.79 Å². The molecule has 0 aliphatic heterocycles. The predicted molar refractivity (Wildman–Crippen MR) is 65.0 cm³/mol. The first-order chi connectivity index (χ1) is 7.83. The van der Waals surface area contributed by atoms with Crippen LogP contribution in [0.4, 0.5) is 0 Å². The third-order valence-corrected chi connectivity index (χ3v) is 2.66. The third-order valence-electron chi connectivity index (χ3n) is 2.66. The third kappa shape index (κ3) is 3.87. The van der Waals surface area contributed by atoms with Crippen LogP contribution in [0.25, 0.3) is 0 Å². The molecule has 0 radical (unpaired) electrons. The average molecular weight is 240 g/mol. The lowest BCUT2D eigenvalue weighted by atomic mass is 9.90. The van der Waals surface area contributed by atoms with Gasteiger partial charge in [-0.2, -0.15) is 0 Å². The minimum absolute atomic E-state index is 0.188. The van der Waals surface area contributed by atoms with Gasteiger partial charge in [0.05, 0.1) is 0 Å². The van der Waals surface area contributed by atoms with Crippen LogP contribution in [-0.4, -0.2) is 30.2 Å². The van der Waals surface area contributed by atoms with Gasteiger partial charge in [0.15, 0.2) is 0 Å². The molecular formula is C12H20N2O3. The van der Waals surface area contributed by atoms with Crippen molar-refractivity contribution in [3.63, 3.8) is 0 Å². The summed E-state index contributed by atoms with van der Waals surface area (Å²) in [4.78, 5) is 10.5. The van der Waals surface area contributed by atoms with Crippen LogP contribution < -0.4 is 11.1 Å². The highest BCUT2D eigenvalue weighted by Crippen LogP contribution is 2.24. The number of furan rings is 1. The molecule has 0 saturated heterocycles. The fourth-order valence-corrected chi connectivity index (χ4v) is 1.51. The number of rotatable bonds is 6. The zero-order valence-corrected chi connectivity index (χ0v) is 10.5. The standard InChI is InChI=1S/C12H20N2O3/c1-8-4-5-10(17-8)12(2,3)7-14-6-9(13)11(15)16/h4-5,9,14H,6-7,13H2,1-3H3,(H,15,16). The number of carbonyl (C=O) groups is 1. The number of carboxylic acids is 1. The van der Waals surface area contributed by atoms with Gasteiger partial charge in [-0.25, -0.2) is 0 Å². The quantitative estimate of drug-likeness (QED) is 0.686. The van der Waals surface area contributed by atoms with E-state index in [-0.39, 0.29) is 12.0 Å². The topological polar surface area (TPSA) is 88.5 Å². The normalized spacial score (nSPS) is 13.6. The summed E-state index contributed by atoms with van der Waals surface area (Å²) in [6, 6.07) is 2.98. The van der Waals surface area contributed by atoms with Crippen LogP contribution in [0.1, 0.15) is 25.4 Å². The minimum Gasteiger partial charge on any atom is -0.480 e. The molecule has 0 fully saturated rings. The molecule has 0 bridgehead atoms. The Hall–Kier alpha value is -1.33. The molecule has 0 amide bonds. The molecule has 0 aromatic carbocycles. The summed E-state index contributed by atoms with van der Waals surface area (Å²) in [6.07, 6.45) is 0. The van der Waals surface area contributed by atoms with E-state index in [0.29, 0.717) is 6.54 Å². The molecule has 5 heteroatoms. The van der Waals surface area contributed by atoms with Crippen LogP contribution in [0.15, 0.2) is 16.5 Å². The number of nitrogens with one attached hydrogen (secondary N) is 1. The fourth-order valence-electron chi connectivity index (χ4n) is 1.51. The lowest BCUT2D eigenvalue weighted by molar-refractivity contribution is -0.138. The molecule has 0 aliphatic carbocycles. The molecule has 96 valence electrons. The van der Waals surface area contributed by atoms with Gasteiger partial charge in [0.2, 0.25) is 0 Å². The van der Waals surface area contributed by atoms with E-state index in [4.69, 9.17) is 15.3 Å². The van der Waals surface area contributed by atoms with Gasteiger partial charge in [0, 0.05) is 18.5 Å². The van der Waals surface area contributed by atoms with Crippen LogP contribution in [0.3, 0.4) is 0 Å². The summed E-state index contributed by atoms with van der Waals surface area (Å²) in [6.45, 7) is 6.82. The monoisotopic (exact) mass is 240 g/mol. The van der Waals surface area contributed by atoms with Crippen molar-refractivity contribution >= 4 is 5.97 Å². The van der Waals surface area contributed by atoms with Gasteiger partial charge >= 0.3 is 5.97 Å². The Bertz CT molecular complexity index is 385. The molecule has 4 N–H and O–H groups in total. The van der Waals surface area contributed by atoms with Crippen molar-refractivity contribution in [3.8, 4) is 0 Å². The SMILES string of the molecule is Cc1ccc(C(C)(C)CNCC(N)C(=O)O)o1. The Kier molecular flexibility index (Phi) is 4.31. The van der Waals surface area contributed by atoms with E-state index in [9.17, 15) is 4.79 Å². The molecule has 5 nitrogen and oxygen atoms in total. The summed E-state index contributed by atoms with van der Waals surface area (Å²) in [5, 5.41) is 11.7. The van der Waals surface area contributed by atoms with Crippen molar-refractivity contribution in [2.24, 2.45) is 5.73 Å². The zero-order valence-electron chi connectivity index (χ0n) is 10.5. The number of carboxylic acid groups (broad SMARTS) is 1. The maximum absolute atomic E-state index is 10.5. The highest BCUT2D eigenvalue weighted by Gasteiger charge is 2.24. The summed E-state index contributed by atoms with van der Waals surface area (Å²) in [5.74, 6) is 0.755. The van der Waals surface area contributed by atoms with Crippen LogP contribution in [0.2, 0.25) is 0 Å². The van der Waals surface area contributed by atoms with Crippen molar-refractivity contribution in [1.29, 1.82) is 0 Å². The number of nitrogens with two attached hydrogens (primary N) is 1. The lowest BCUT2D eigenvalue weighted by Gasteiger charge is -2.23. The van der Waals surface area contributed by atoms with Gasteiger partial charge in [-0.15, -0.1) is 0 Å². The first-order valence-corrected chi connectivity index (χ1v) is 5.59. The van der Waals surface area contributed by atoms with Gasteiger partial charge in [0.25, 0.3) is 0 Å². The predicted octanol–water partition coefficient (Wildman–Crippen LogP) is 0.867. The van der Waals surface area contributed by atoms with E-state index in [1.165, 1.54) is 0 Å². The van der Waals surface area contributed by atoms with E-state index >= 15 is 0 Å². The Morgan fingerprint density at radius 2 is 2.24 bits per heavy atom. The highest BCUT2D eigenvalue weighted by molar-refractivity contribution is 5.73. The average Bonchev–Trinajstić information content (AvgIpc) is 2.65. The van der Waals surface area contributed by atoms with Crippen molar-refractivity contribution in [2.75, 3.05) is 13.1 Å². The molecule has 1 rings (SSSR count). The van der Waals surface area contributed by atoms with Crippen LogP contribution >= 0.6 is 0 Å². The van der Waals surface area contributed by atoms with Gasteiger partial charge in [-0.1, -0.05) is 13.8 Å². The largest absolute Gasteiger partial charge is 0.480 e. The van der Waals surface area contributed by atoms with Crippen molar-refractivity contribution in [3.05, 3.63) is 23.7 Å². The molecule has 1 unspecified atom stereocenters. The number of aryl methyl sites for hydroxylation is 1. The minimum atomic E-state index is -0.996. The molecule has 0 saturated carbocycles. The maximum Gasteiger partial charge on any atom is 0.321 e. The second kappa shape index (κ2) is 5.33. The smallest absolute Gasteiger partial charge is 0.321 e. The highest BCUT2D eigenvalue weighted by atomic mass is 16.4.